The van der Waals surface area contributed by atoms with Crippen molar-refractivity contribution in [3.05, 3.63) is 0 Å². The molecule has 2 nitrogen and oxygen atoms in total. The lowest BCUT2D eigenvalue weighted by Gasteiger charge is -2.08. The van der Waals surface area contributed by atoms with Gasteiger partial charge in [0.1, 0.15) is 6.10 Å². The minimum atomic E-state index is -0.270. The largest absolute Gasteiger partial charge is 0.371 e. The van der Waals surface area contributed by atoms with Crippen LogP contribution in [0.25, 0.3) is 0 Å². The average molecular weight is 168 g/mol. The van der Waals surface area contributed by atoms with Crippen LogP contribution in [0.1, 0.15) is 33.6 Å². The first-order valence-corrected chi connectivity index (χ1v) is 4.26. The van der Waals surface area contributed by atoms with Crippen molar-refractivity contribution in [3.8, 4) is 11.8 Å². The fourth-order valence-electron chi connectivity index (χ4n) is 0.857. The van der Waals surface area contributed by atoms with Crippen molar-refractivity contribution in [1.82, 2.24) is 0 Å². The number of carbonyl (C=O) groups is 1. The zero-order chi connectivity index (χ0) is 9.40. The topological polar surface area (TPSA) is 26.3 Å². The molecular weight excluding hydrogens is 152 g/mol. The van der Waals surface area contributed by atoms with E-state index in [9.17, 15) is 4.79 Å². The van der Waals surface area contributed by atoms with Gasteiger partial charge in [0.25, 0.3) is 0 Å². The Bertz CT molecular complexity index is 186. The third-order valence-electron chi connectivity index (χ3n) is 1.54. The summed E-state index contributed by atoms with van der Waals surface area (Å²) >= 11 is 0. The number of Topliss-reactive ketones (excluding diaryl/α,β-unsaturated/α-hetero) is 1. The highest BCUT2D eigenvalue weighted by Crippen LogP contribution is 1.98. The minimum Gasteiger partial charge on any atom is -0.371 e. The van der Waals surface area contributed by atoms with Gasteiger partial charge in [0, 0.05) is 19.4 Å². The van der Waals surface area contributed by atoms with Gasteiger partial charge in [-0.2, -0.15) is 0 Å². The maximum atomic E-state index is 11.2. The van der Waals surface area contributed by atoms with Crippen molar-refractivity contribution in [3.63, 3.8) is 0 Å². The van der Waals surface area contributed by atoms with Crippen LogP contribution in [0.2, 0.25) is 0 Å². The summed E-state index contributed by atoms with van der Waals surface area (Å²) in [5.41, 5.74) is 0. The number of ketones is 1. The molecule has 0 bridgehead atoms. The first-order chi connectivity index (χ1) is 5.72. The van der Waals surface area contributed by atoms with Gasteiger partial charge in [0.15, 0.2) is 5.78 Å². The van der Waals surface area contributed by atoms with Gasteiger partial charge in [-0.05, 0) is 20.8 Å². The zero-order valence-electron chi connectivity index (χ0n) is 8.02. The van der Waals surface area contributed by atoms with E-state index in [1.54, 1.807) is 13.8 Å². The van der Waals surface area contributed by atoms with Crippen LogP contribution in [0.5, 0.6) is 0 Å². The Labute approximate surface area is 74.3 Å². The molecule has 0 aliphatic heterocycles. The monoisotopic (exact) mass is 168 g/mol. The molecule has 68 valence electrons. The molecule has 0 rings (SSSR count). The highest BCUT2D eigenvalue weighted by molar-refractivity contribution is 5.82. The van der Waals surface area contributed by atoms with E-state index in [1.807, 2.05) is 6.92 Å². The molecule has 0 aliphatic carbocycles. The second kappa shape index (κ2) is 6.87. The maximum absolute atomic E-state index is 11.2. The van der Waals surface area contributed by atoms with E-state index < -0.39 is 0 Å². The standard InChI is InChI=1S/C10H16O2/c1-4-6-7-8-10(11)9(3)12-5-2/h9H,5,7-8H2,1-3H3. The van der Waals surface area contributed by atoms with E-state index >= 15 is 0 Å². The molecule has 0 radical (unpaired) electrons. The Kier molecular flexibility index (Phi) is 6.41. The van der Waals surface area contributed by atoms with Crippen LogP contribution >= 0.6 is 0 Å². The molecule has 0 saturated heterocycles. The van der Waals surface area contributed by atoms with Crippen molar-refractivity contribution in [2.75, 3.05) is 6.61 Å². The highest BCUT2D eigenvalue weighted by Gasteiger charge is 2.10. The molecule has 2 heteroatoms. The second-order valence-corrected chi connectivity index (χ2v) is 2.49. The van der Waals surface area contributed by atoms with Gasteiger partial charge < -0.3 is 4.74 Å². The molecule has 0 saturated carbocycles. The molecule has 0 N–H and O–H groups in total. The molecule has 12 heavy (non-hydrogen) atoms. The van der Waals surface area contributed by atoms with E-state index in [-0.39, 0.29) is 11.9 Å². The fourth-order valence-corrected chi connectivity index (χ4v) is 0.857. The summed E-state index contributed by atoms with van der Waals surface area (Å²) in [7, 11) is 0. The number of rotatable bonds is 5. The first kappa shape index (κ1) is 11.2. The van der Waals surface area contributed by atoms with Crippen molar-refractivity contribution < 1.29 is 9.53 Å². The van der Waals surface area contributed by atoms with Crippen molar-refractivity contribution in [2.45, 2.75) is 39.7 Å². The van der Waals surface area contributed by atoms with Gasteiger partial charge in [-0.25, -0.2) is 0 Å². The van der Waals surface area contributed by atoms with Crippen LogP contribution in [0.4, 0.5) is 0 Å². The number of carbonyl (C=O) groups excluding carboxylic acids is 1. The molecule has 0 amide bonds. The van der Waals surface area contributed by atoms with Gasteiger partial charge in [0.2, 0.25) is 0 Å². The Morgan fingerprint density at radius 3 is 2.75 bits per heavy atom. The Morgan fingerprint density at radius 2 is 2.25 bits per heavy atom. The van der Waals surface area contributed by atoms with Gasteiger partial charge in [-0.3, -0.25) is 4.79 Å². The lowest BCUT2D eigenvalue weighted by molar-refractivity contribution is -0.129. The van der Waals surface area contributed by atoms with Crippen LogP contribution < -0.4 is 0 Å². The summed E-state index contributed by atoms with van der Waals surface area (Å²) in [6, 6.07) is 0. The fraction of sp³-hybridized carbons (Fsp3) is 0.700. The first-order valence-electron chi connectivity index (χ1n) is 4.26. The zero-order valence-corrected chi connectivity index (χ0v) is 8.02. The van der Waals surface area contributed by atoms with E-state index in [0.29, 0.717) is 19.4 Å². The maximum Gasteiger partial charge on any atom is 0.162 e. The number of hydrogen-bond acceptors (Lipinski definition) is 2. The molecule has 1 atom stereocenters. The Balaban J connectivity index is 3.61. The predicted octanol–water partition coefficient (Wildman–Crippen LogP) is 1.78. The van der Waals surface area contributed by atoms with Crippen LogP contribution in [-0.4, -0.2) is 18.5 Å². The van der Waals surface area contributed by atoms with Crippen molar-refractivity contribution in [2.24, 2.45) is 0 Å². The molecule has 0 aromatic heterocycles. The average Bonchev–Trinajstić information content (AvgIpc) is 2.05. The predicted molar refractivity (Wildman–Crippen MR) is 48.8 cm³/mol. The Hall–Kier alpha value is -0.810. The van der Waals surface area contributed by atoms with Crippen molar-refractivity contribution in [1.29, 1.82) is 0 Å². The van der Waals surface area contributed by atoms with E-state index in [1.165, 1.54) is 0 Å². The smallest absolute Gasteiger partial charge is 0.162 e. The molecule has 0 heterocycles. The summed E-state index contributed by atoms with van der Waals surface area (Å²) in [6.07, 6.45) is 0.878. The van der Waals surface area contributed by atoms with E-state index in [2.05, 4.69) is 11.8 Å². The number of ether oxygens (including phenoxy) is 1. The van der Waals surface area contributed by atoms with Crippen LogP contribution in [0, 0.1) is 11.8 Å². The highest BCUT2D eigenvalue weighted by atomic mass is 16.5. The molecule has 0 aromatic carbocycles. The normalized spacial score (nSPS) is 11.6. The third kappa shape index (κ3) is 4.92. The molecule has 0 fully saturated rings. The van der Waals surface area contributed by atoms with E-state index in [0.717, 1.165) is 0 Å². The van der Waals surface area contributed by atoms with Gasteiger partial charge in [-0.15, -0.1) is 11.8 Å². The number of hydrogen-bond donors (Lipinski definition) is 0. The molecule has 0 spiro atoms. The van der Waals surface area contributed by atoms with E-state index in [4.69, 9.17) is 4.74 Å². The van der Waals surface area contributed by atoms with Gasteiger partial charge in [-0.1, -0.05) is 0 Å². The Morgan fingerprint density at radius 1 is 1.58 bits per heavy atom. The summed E-state index contributed by atoms with van der Waals surface area (Å²) in [5, 5.41) is 0. The van der Waals surface area contributed by atoms with Gasteiger partial charge in [0.05, 0.1) is 0 Å². The molecule has 0 aliphatic rings. The SMILES string of the molecule is CC#CCCC(=O)C(C)OCC. The second-order valence-electron chi connectivity index (χ2n) is 2.49. The lowest BCUT2D eigenvalue weighted by atomic mass is 10.1. The van der Waals surface area contributed by atoms with Crippen LogP contribution in [0.3, 0.4) is 0 Å². The van der Waals surface area contributed by atoms with Crippen LogP contribution in [-0.2, 0) is 9.53 Å². The summed E-state index contributed by atoms with van der Waals surface area (Å²) < 4.78 is 5.14. The molecule has 1 unspecified atom stereocenters. The molecule has 0 aromatic rings. The minimum absolute atomic E-state index is 0.139. The lowest BCUT2D eigenvalue weighted by Crippen LogP contribution is -2.20. The third-order valence-corrected chi connectivity index (χ3v) is 1.54. The van der Waals surface area contributed by atoms with Crippen LogP contribution in [0.15, 0.2) is 0 Å². The summed E-state index contributed by atoms with van der Waals surface area (Å²) in [5.74, 6) is 5.74. The summed E-state index contributed by atoms with van der Waals surface area (Å²) in [6.45, 7) is 6.03. The van der Waals surface area contributed by atoms with Gasteiger partial charge >= 0.3 is 0 Å². The quantitative estimate of drug-likeness (QED) is 0.585. The molecular formula is C10H16O2. The van der Waals surface area contributed by atoms with Crippen molar-refractivity contribution >= 4 is 5.78 Å². The summed E-state index contributed by atoms with van der Waals surface area (Å²) in [4.78, 5) is 11.2.